The summed E-state index contributed by atoms with van der Waals surface area (Å²) in [6.45, 7) is 5.65. The lowest BCUT2D eigenvalue weighted by Gasteiger charge is -2.53. The van der Waals surface area contributed by atoms with Crippen molar-refractivity contribution in [3.05, 3.63) is 36.0 Å². The summed E-state index contributed by atoms with van der Waals surface area (Å²) in [5.41, 5.74) is 0.691. The van der Waals surface area contributed by atoms with Gasteiger partial charge in [0, 0.05) is 23.5 Å². The summed E-state index contributed by atoms with van der Waals surface area (Å²) < 4.78 is 6.09. The summed E-state index contributed by atoms with van der Waals surface area (Å²) >= 11 is 0. The molecule has 196 valence electrons. The fourth-order valence-electron chi connectivity index (χ4n) is 7.27. The molecule has 0 spiro atoms. The second-order valence-electron chi connectivity index (χ2n) is 11.9. The highest BCUT2D eigenvalue weighted by atomic mass is 16.6. The van der Waals surface area contributed by atoms with E-state index < -0.39 is 11.6 Å². The molecular weight excluding hydrogens is 454 g/mol. The topological polar surface area (TPSA) is 103 Å². The molecule has 3 atom stereocenters. The summed E-state index contributed by atoms with van der Waals surface area (Å²) in [5, 5.41) is 16.9. The summed E-state index contributed by atoms with van der Waals surface area (Å²) in [4.78, 5) is 30.3. The van der Waals surface area contributed by atoms with Gasteiger partial charge in [-0.1, -0.05) is 38.5 Å². The number of aromatic amines is 1. The molecule has 36 heavy (non-hydrogen) atoms. The monoisotopic (exact) mass is 495 g/mol. The number of nitrogens with one attached hydrogen (secondary N) is 3. The van der Waals surface area contributed by atoms with Crippen LogP contribution in [0.15, 0.2) is 30.5 Å². The zero-order valence-corrected chi connectivity index (χ0v) is 21.8. The van der Waals surface area contributed by atoms with E-state index in [1.54, 1.807) is 6.92 Å². The number of alkyl carbamates (subject to hydrolysis) is 1. The number of carbonyl (C=O) groups is 2. The van der Waals surface area contributed by atoms with Gasteiger partial charge in [-0.3, -0.25) is 4.79 Å². The average Bonchev–Trinajstić information content (AvgIpc) is 3.26. The van der Waals surface area contributed by atoms with Gasteiger partial charge in [-0.2, -0.15) is 0 Å². The van der Waals surface area contributed by atoms with Gasteiger partial charge < -0.3 is 25.5 Å². The highest BCUT2D eigenvalue weighted by Crippen LogP contribution is 2.54. The highest BCUT2D eigenvalue weighted by molar-refractivity contribution is 5.91. The van der Waals surface area contributed by atoms with E-state index >= 15 is 0 Å². The minimum absolute atomic E-state index is 0.0523. The number of aromatic nitrogens is 1. The summed E-state index contributed by atoms with van der Waals surface area (Å²) in [5.74, 6) is 2.29. The number of para-hydroxylation sites is 1. The number of carbonyl (C=O) groups excluding carboxylic acids is 2. The molecule has 1 heterocycles. The van der Waals surface area contributed by atoms with Gasteiger partial charge in [-0.15, -0.1) is 0 Å². The number of amides is 2. The number of H-pyrrole nitrogens is 1. The maximum absolute atomic E-state index is 13.7. The molecule has 2 amide bonds. The molecule has 0 radical (unpaired) electrons. The van der Waals surface area contributed by atoms with E-state index in [4.69, 9.17) is 4.74 Å². The summed E-state index contributed by atoms with van der Waals surface area (Å²) in [6, 6.07) is 7.56. The number of fused-ring (bicyclic) bond motifs is 1. The van der Waals surface area contributed by atoms with Crippen molar-refractivity contribution in [2.45, 2.75) is 83.4 Å². The van der Waals surface area contributed by atoms with E-state index in [9.17, 15) is 14.7 Å². The molecule has 0 saturated heterocycles. The van der Waals surface area contributed by atoms with Gasteiger partial charge in [0.05, 0.1) is 12.6 Å². The van der Waals surface area contributed by atoms with Crippen LogP contribution in [0.4, 0.5) is 4.79 Å². The minimum atomic E-state index is -1.24. The molecule has 4 bridgehead atoms. The van der Waals surface area contributed by atoms with Crippen LogP contribution in [0, 0.1) is 29.6 Å². The smallest absolute Gasteiger partial charge is 0.408 e. The van der Waals surface area contributed by atoms with Crippen molar-refractivity contribution in [1.29, 1.82) is 0 Å². The van der Waals surface area contributed by atoms with Gasteiger partial charge in [0.2, 0.25) is 5.91 Å². The molecule has 1 aromatic heterocycles. The van der Waals surface area contributed by atoms with Gasteiger partial charge >= 0.3 is 6.09 Å². The third kappa shape index (κ3) is 4.86. The van der Waals surface area contributed by atoms with Gasteiger partial charge in [-0.25, -0.2) is 4.79 Å². The molecule has 4 N–H and O–H groups in total. The lowest BCUT2D eigenvalue weighted by Crippen LogP contribution is -2.61. The second-order valence-corrected chi connectivity index (χ2v) is 11.9. The van der Waals surface area contributed by atoms with Gasteiger partial charge in [-0.05, 0) is 80.2 Å². The van der Waals surface area contributed by atoms with Crippen molar-refractivity contribution >= 4 is 22.9 Å². The maximum Gasteiger partial charge on any atom is 0.408 e. The van der Waals surface area contributed by atoms with Gasteiger partial charge in [0.15, 0.2) is 0 Å². The van der Waals surface area contributed by atoms with Crippen molar-refractivity contribution in [3.63, 3.8) is 0 Å². The summed E-state index contributed by atoms with van der Waals surface area (Å²) in [6.07, 6.45) is 8.44. The molecule has 1 aromatic carbocycles. The van der Waals surface area contributed by atoms with Crippen molar-refractivity contribution in [3.8, 4) is 0 Å². The molecule has 4 aliphatic rings. The lowest BCUT2D eigenvalue weighted by molar-refractivity contribution is -0.129. The maximum atomic E-state index is 13.7. The first kappa shape index (κ1) is 25.1. The Balaban J connectivity index is 1.35. The van der Waals surface area contributed by atoms with Crippen LogP contribution in [-0.4, -0.2) is 46.4 Å². The number of aliphatic hydroxyl groups excluding tert-OH is 1. The number of hydrogen-bond acceptors (Lipinski definition) is 4. The van der Waals surface area contributed by atoms with Gasteiger partial charge in [0.1, 0.15) is 11.6 Å². The van der Waals surface area contributed by atoms with E-state index in [0.29, 0.717) is 18.3 Å². The first-order valence-corrected chi connectivity index (χ1v) is 13.7. The predicted octanol–water partition coefficient (Wildman–Crippen LogP) is 4.54. The molecule has 0 aliphatic heterocycles. The molecule has 4 aliphatic carbocycles. The van der Waals surface area contributed by atoms with Crippen molar-refractivity contribution in [2.24, 2.45) is 29.6 Å². The molecular formula is C29H41N3O4. The SMILES string of the molecule is CCC(C)C(CO)NC(=O)C(C)(Cc1c[nH]c2ccccc12)NC(=O)OC1C2CC3CC(C2)CC1C3. The van der Waals surface area contributed by atoms with Crippen LogP contribution in [0.1, 0.15) is 64.9 Å². The molecule has 4 fully saturated rings. The van der Waals surface area contributed by atoms with Crippen LogP contribution in [0.3, 0.4) is 0 Å². The fourth-order valence-corrected chi connectivity index (χ4v) is 7.27. The number of rotatable bonds is 9. The molecule has 7 heteroatoms. The molecule has 7 nitrogen and oxygen atoms in total. The molecule has 3 unspecified atom stereocenters. The number of hydrogen-bond donors (Lipinski definition) is 4. The van der Waals surface area contributed by atoms with Crippen LogP contribution < -0.4 is 10.6 Å². The number of ether oxygens (including phenoxy) is 1. The van der Waals surface area contributed by atoms with E-state index in [2.05, 4.69) is 15.6 Å². The van der Waals surface area contributed by atoms with Gasteiger partial charge in [0.25, 0.3) is 0 Å². The fraction of sp³-hybridized carbons (Fsp3) is 0.655. The third-order valence-electron chi connectivity index (χ3n) is 9.33. The van der Waals surface area contributed by atoms with E-state index in [0.717, 1.165) is 60.4 Å². The lowest BCUT2D eigenvalue weighted by atomic mass is 9.55. The Morgan fingerprint density at radius 2 is 1.81 bits per heavy atom. The first-order valence-electron chi connectivity index (χ1n) is 13.7. The van der Waals surface area contributed by atoms with Crippen LogP contribution in [0.25, 0.3) is 10.9 Å². The Labute approximate surface area is 213 Å². The second kappa shape index (κ2) is 10.1. The number of benzene rings is 1. The van der Waals surface area contributed by atoms with Crippen LogP contribution in [0.5, 0.6) is 0 Å². The van der Waals surface area contributed by atoms with E-state index in [1.165, 1.54) is 6.42 Å². The van der Waals surface area contributed by atoms with Crippen LogP contribution >= 0.6 is 0 Å². The largest absolute Gasteiger partial charge is 0.446 e. The quantitative estimate of drug-likeness (QED) is 0.410. The van der Waals surface area contributed by atoms with Crippen molar-refractivity contribution < 1.29 is 19.4 Å². The van der Waals surface area contributed by atoms with Crippen molar-refractivity contribution in [2.75, 3.05) is 6.61 Å². The third-order valence-corrected chi connectivity index (χ3v) is 9.33. The van der Waals surface area contributed by atoms with Crippen molar-refractivity contribution in [1.82, 2.24) is 15.6 Å². The first-order chi connectivity index (χ1) is 17.3. The van der Waals surface area contributed by atoms with E-state index in [1.807, 2.05) is 44.3 Å². The Bertz CT molecular complexity index is 1070. The zero-order valence-electron chi connectivity index (χ0n) is 21.8. The molecule has 4 saturated carbocycles. The zero-order chi connectivity index (χ0) is 25.4. The Hall–Kier alpha value is -2.54. The van der Waals surface area contributed by atoms with E-state index in [-0.39, 0.29) is 30.6 Å². The molecule has 6 rings (SSSR count). The normalized spacial score (nSPS) is 29.9. The minimum Gasteiger partial charge on any atom is -0.446 e. The van der Waals surface area contributed by atoms with Crippen LogP contribution in [0.2, 0.25) is 0 Å². The standard InChI is InChI=1S/C29H41N3O4/c1-4-17(2)25(16-33)31-27(34)29(3,14-22-15-30-24-8-6-5-7-23(22)24)32-28(35)36-26-20-10-18-9-19(12-20)13-21(26)11-18/h5-8,15,17-21,25-26,30,33H,4,9-14,16H2,1-3H3,(H,31,34)(H,32,35). The predicted molar refractivity (Wildman–Crippen MR) is 139 cm³/mol. The average molecular weight is 496 g/mol. The Kier molecular flexibility index (Phi) is 7.03. The highest BCUT2D eigenvalue weighted by Gasteiger charge is 2.50. The Morgan fingerprint density at radius 1 is 1.14 bits per heavy atom. The molecule has 2 aromatic rings. The number of aliphatic hydroxyl groups is 1. The summed E-state index contributed by atoms with van der Waals surface area (Å²) in [7, 11) is 0. The van der Waals surface area contributed by atoms with Crippen LogP contribution in [-0.2, 0) is 16.0 Å². The Morgan fingerprint density at radius 3 is 2.44 bits per heavy atom.